The summed E-state index contributed by atoms with van der Waals surface area (Å²) in [6.45, 7) is 1.55. The minimum Gasteiger partial charge on any atom is -0.497 e. The molecule has 0 saturated carbocycles. The van der Waals surface area contributed by atoms with Gasteiger partial charge < -0.3 is 4.74 Å². The lowest BCUT2D eigenvalue weighted by molar-refractivity contribution is -0.130. The fraction of sp³-hybridized carbons (Fsp3) is 0.250. The highest BCUT2D eigenvalue weighted by Gasteiger charge is 2.31. The molecule has 1 aromatic carbocycles. The van der Waals surface area contributed by atoms with Gasteiger partial charge in [-0.15, -0.1) is 0 Å². The fourth-order valence-electron chi connectivity index (χ4n) is 2.51. The Kier molecular flexibility index (Phi) is 3.75. The van der Waals surface area contributed by atoms with Gasteiger partial charge >= 0.3 is 0 Å². The van der Waals surface area contributed by atoms with Crippen LogP contribution < -0.4 is 4.74 Å². The Morgan fingerprint density at radius 3 is 2.95 bits per heavy atom. The molecule has 1 unspecified atom stereocenters. The van der Waals surface area contributed by atoms with Gasteiger partial charge in [0.25, 0.3) is 0 Å². The summed E-state index contributed by atoms with van der Waals surface area (Å²) in [5, 5.41) is 10.2. The molecule has 2 aromatic rings. The van der Waals surface area contributed by atoms with Crippen LogP contribution in [0.4, 0.5) is 0 Å². The molecule has 0 N–H and O–H groups in total. The van der Waals surface area contributed by atoms with Crippen molar-refractivity contribution in [2.45, 2.75) is 19.4 Å². The highest BCUT2D eigenvalue weighted by Crippen LogP contribution is 2.34. The molecule has 0 aliphatic carbocycles. The Balaban J connectivity index is 1.93. The zero-order valence-electron chi connectivity index (χ0n) is 11.9. The Bertz CT molecular complexity index is 679. The molecule has 1 aromatic heterocycles. The number of hydrazone groups is 1. The predicted octanol–water partition coefficient (Wildman–Crippen LogP) is 3.45. The lowest BCUT2D eigenvalue weighted by Crippen LogP contribution is -2.24. The van der Waals surface area contributed by atoms with Crippen LogP contribution in [0.2, 0.25) is 0 Å². The number of amides is 1. The van der Waals surface area contributed by atoms with Crippen LogP contribution in [0, 0.1) is 0 Å². The van der Waals surface area contributed by atoms with Crippen LogP contribution in [-0.4, -0.2) is 23.7 Å². The van der Waals surface area contributed by atoms with E-state index in [0.29, 0.717) is 0 Å². The molecule has 0 bridgehead atoms. The van der Waals surface area contributed by atoms with Crippen molar-refractivity contribution in [3.8, 4) is 5.75 Å². The van der Waals surface area contributed by atoms with Gasteiger partial charge in [-0.3, -0.25) is 4.79 Å². The van der Waals surface area contributed by atoms with Crippen LogP contribution in [0.1, 0.15) is 30.5 Å². The number of rotatable bonds is 3. The van der Waals surface area contributed by atoms with E-state index in [1.54, 1.807) is 30.4 Å². The van der Waals surface area contributed by atoms with Gasteiger partial charge in [-0.2, -0.15) is 16.4 Å². The second kappa shape index (κ2) is 5.69. The molecule has 1 atom stereocenters. The molecule has 108 valence electrons. The summed E-state index contributed by atoms with van der Waals surface area (Å²) >= 11 is 1.63. The predicted molar refractivity (Wildman–Crippen MR) is 83.7 cm³/mol. The van der Waals surface area contributed by atoms with Crippen molar-refractivity contribution >= 4 is 23.0 Å². The molecule has 0 radical (unpaired) electrons. The summed E-state index contributed by atoms with van der Waals surface area (Å²) in [6, 6.07) is 9.79. The van der Waals surface area contributed by atoms with Crippen LogP contribution in [0.15, 0.2) is 46.2 Å². The van der Waals surface area contributed by atoms with E-state index in [0.717, 1.165) is 29.0 Å². The highest BCUT2D eigenvalue weighted by atomic mass is 32.1. The minimum absolute atomic E-state index is 0.0481. The van der Waals surface area contributed by atoms with E-state index in [1.807, 2.05) is 35.7 Å². The molecule has 2 heterocycles. The van der Waals surface area contributed by atoms with Crippen LogP contribution >= 0.6 is 11.3 Å². The zero-order valence-corrected chi connectivity index (χ0v) is 12.8. The van der Waals surface area contributed by atoms with E-state index >= 15 is 0 Å². The Morgan fingerprint density at radius 1 is 1.43 bits per heavy atom. The van der Waals surface area contributed by atoms with Gasteiger partial charge in [-0.05, 0) is 34.5 Å². The summed E-state index contributed by atoms with van der Waals surface area (Å²) in [7, 11) is 1.64. The van der Waals surface area contributed by atoms with Gasteiger partial charge in [0.15, 0.2) is 0 Å². The maximum absolute atomic E-state index is 11.9. The smallest absolute Gasteiger partial charge is 0.240 e. The standard InChI is InChI=1S/C16H16N2O2S/c1-11(19)18-16(12-4-3-5-14(8-12)20-2)9-15(17-18)13-6-7-21-10-13/h3-8,10,16H,9H2,1-2H3. The number of nitrogens with zero attached hydrogens (tertiary/aromatic N) is 2. The number of hydrogen-bond donors (Lipinski definition) is 0. The van der Waals surface area contributed by atoms with Crippen molar-refractivity contribution in [2.75, 3.05) is 7.11 Å². The van der Waals surface area contributed by atoms with Gasteiger partial charge in [0, 0.05) is 18.9 Å². The summed E-state index contributed by atoms with van der Waals surface area (Å²) in [4.78, 5) is 11.9. The third-order valence-electron chi connectivity index (χ3n) is 3.57. The lowest BCUT2D eigenvalue weighted by Gasteiger charge is -2.20. The largest absolute Gasteiger partial charge is 0.497 e. The van der Waals surface area contributed by atoms with Gasteiger partial charge in [-0.1, -0.05) is 12.1 Å². The normalized spacial score (nSPS) is 17.7. The van der Waals surface area contributed by atoms with E-state index < -0.39 is 0 Å². The molecule has 21 heavy (non-hydrogen) atoms. The Labute approximate surface area is 127 Å². The summed E-state index contributed by atoms with van der Waals surface area (Å²) in [6.07, 6.45) is 0.726. The molecule has 3 rings (SSSR count). The number of ether oxygens (including phenoxy) is 1. The van der Waals surface area contributed by atoms with Crippen LogP contribution in [0.5, 0.6) is 5.75 Å². The zero-order chi connectivity index (χ0) is 14.8. The second-order valence-electron chi connectivity index (χ2n) is 4.92. The van der Waals surface area contributed by atoms with Crippen LogP contribution in [0.25, 0.3) is 0 Å². The van der Waals surface area contributed by atoms with Gasteiger partial charge in [0.05, 0.1) is 18.9 Å². The average Bonchev–Trinajstić information content (AvgIpc) is 3.16. The van der Waals surface area contributed by atoms with Gasteiger partial charge in [0.1, 0.15) is 5.75 Å². The molecule has 4 nitrogen and oxygen atoms in total. The quantitative estimate of drug-likeness (QED) is 0.871. The van der Waals surface area contributed by atoms with Gasteiger partial charge in [-0.25, -0.2) is 5.01 Å². The molecule has 1 aliphatic rings. The summed E-state index contributed by atoms with van der Waals surface area (Å²) in [5.74, 6) is 0.744. The first-order valence-corrected chi connectivity index (χ1v) is 7.67. The molecule has 1 amide bonds. The van der Waals surface area contributed by atoms with Gasteiger partial charge in [0.2, 0.25) is 5.91 Å². The van der Waals surface area contributed by atoms with Crippen molar-refractivity contribution in [3.63, 3.8) is 0 Å². The third-order valence-corrected chi connectivity index (χ3v) is 4.25. The number of hydrogen-bond acceptors (Lipinski definition) is 4. The summed E-state index contributed by atoms with van der Waals surface area (Å²) < 4.78 is 5.27. The molecule has 1 aliphatic heterocycles. The van der Waals surface area contributed by atoms with Crippen molar-refractivity contribution < 1.29 is 9.53 Å². The molecule has 5 heteroatoms. The van der Waals surface area contributed by atoms with Crippen LogP contribution in [0.3, 0.4) is 0 Å². The van der Waals surface area contributed by atoms with E-state index in [1.165, 1.54) is 0 Å². The van der Waals surface area contributed by atoms with E-state index in [-0.39, 0.29) is 11.9 Å². The maximum Gasteiger partial charge on any atom is 0.240 e. The number of benzene rings is 1. The van der Waals surface area contributed by atoms with E-state index in [9.17, 15) is 4.79 Å². The van der Waals surface area contributed by atoms with Crippen molar-refractivity contribution in [3.05, 3.63) is 52.2 Å². The molecular formula is C16H16N2O2S. The van der Waals surface area contributed by atoms with Crippen LogP contribution in [-0.2, 0) is 4.79 Å². The Hall–Kier alpha value is -2.14. The van der Waals surface area contributed by atoms with E-state index in [4.69, 9.17) is 4.74 Å². The maximum atomic E-state index is 11.9. The fourth-order valence-corrected chi connectivity index (χ4v) is 3.18. The van der Waals surface area contributed by atoms with E-state index in [2.05, 4.69) is 10.5 Å². The number of carbonyl (C=O) groups is 1. The molecule has 0 spiro atoms. The minimum atomic E-state index is -0.0625. The molecule has 0 fully saturated rings. The second-order valence-corrected chi connectivity index (χ2v) is 5.70. The number of thiophene rings is 1. The first kappa shape index (κ1) is 13.8. The van der Waals surface area contributed by atoms with Crippen molar-refractivity contribution in [2.24, 2.45) is 5.10 Å². The SMILES string of the molecule is COc1cccc(C2CC(c3ccsc3)=NN2C(C)=O)c1. The monoisotopic (exact) mass is 300 g/mol. The average molecular weight is 300 g/mol. The lowest BCUT2D eigenvalue weighted by atomic mass is 9.99. The topological polar surface area (TPSA) is 41.9 Å². The molecule has 0 saturated heterocycles. The first-order chi connectivity index (χ1) is 10.2. The number of carbonyl (C=O) groups excluding carboxylic acids is 1. The van der Waals surface area contributed by atoms with Crippen molar-refractivity contribution in [1.29, 1.82) is 0 Å². The third kappa shape index (κ3) is 2.69. The number of methoxy groups -OCH3 is 1. The first-order valence-electron chi connectivity index (χ1n) is 6.73. The van der Waals surface area contributed by atoms with Crippen molar-refractivity contribution in [1.82, 2.24) is 5.01 Å². The molecular weight excluding hydrogens is 284 g/mol. The summed E-state index contributed by atoms with van der Waals surface area (Å²) in [5.41, 5.74) is 3.09. The highest BCUT2D eigenvalue weighted by molar-refractivity contribution is 7.08. The Morgan fingerprint density at radius 2 is 2.29 bits per heavy atom.